The lowest BCUT2D eigenvalue weighted by atomic mass is 10.2. The molecule has 3 nitrogen and oxygen atoms in total. The molecule has 3 heteroatoms. The molecule has 3 aromatic rings. The molecule has 0 atom stereocenters. The van der Waals surface area contributed by atoms with Crippen LogP contribution in [0.15, 0.2) is 42.7 Å². The highest BCUT2D eigenvalue weighted by molar-refractivity contribution is 5.81. The fraction of sp³-hybridized carbons (Fsp3) is 0.143. The summed E-state index contributed by atoms with van der Waals surface area (Å²) < 4.78 is 2.12. The minimum Gasteiger partial charge on any atom is -0.327 e. The van der Waals surface area contributed by atoms with Gasteiger partial charge in [-0.25, -0.2) is 4.98 Å². The largest absolute Gasteiger partial charge is 0.327 e. The van der Waals surface area contributed by atoms with Crippen LogP contribution in [0.25, 0.3) is 22.4 Å². The summed E-state index contributed by atoms with van der Waals surface area (Å²) in [5.41, 5.74) is 4.54. The predicted molar refractivity (Wildman–Crippen MR) is 68.7 cm³/mol. The molecule has 0 amide bonds. The lowest BCUT2D eigenvalue weighted by molar-refractivity contribution is 0.958. The first-order valence-corrected chi connectivity index (χ1v) is 5.59. The van der Waals surface area contributed by atoms with E-state index < -0.39 is 0 Å². The van der Waals surface area contributed by atoms with Crippen molar-refractivity contribution in [2.45, 2.75) is 6.92 Å². The van der Waals surface area contributed by atoms with Gasteiger partial charge in [-0.2, -0.15) is 0 Å². The van der Waals surface area contributed by atoms with E-state index in [1.54, 1.807) is 12.4 Å². The molecule has 84 valence electrons. The van der Waals surface area contributed by atoms with Crippen LogP contribution in [-0.2, 0) is 7.05 Å². The molecule has 0 unspecified atom stereocenters. The standard InChI is InChI=1S/C14H13N3/c1-10-3-4-12-13(9-10)17(2)14(16-12)11-5-7-15-8-6-11/h3-9H,1-2H3. The number of fused-ring (bicyclic) bond motifs is 1. The van der Waals surface area contributed by atoms with Crippen LogP contribution in [0.2, 0.25) is 0 Å². The number of hydrogen-bond acceptors (Lipinski definition) is 2. The quantitative estimate of drug-likeness (QED) is 0.635. The van der Waals surface area contributed by atoms with Crippen LogP contribution >= 0.6 is 0 Å². The monoisotopic (exact) mass is 223 g/mol. The molecule has 0 aliphatic heterocycles. The first-order chi connectivity index (χ1) is 8.25. The fourth-order valence-corrected chi connectivity index (χ4v) is 2.06. The maximum Gasteiger partial charge on any atom is 0.140 e. The van der Waals surface area contributed by atoms with Crippen LogP contribution in [0.4, 0.5) is 0 Å². The van der Waals surface area contributed by atoms with Gasteiger partial charge in [-0.05, 0) is 36.8 Å². The van der Waals surface area contributed by atoms with Crippen LogP contribution in [0, 0.1) is 6.92 Å². The summed E-state index contributed by atoms with van der Waals surface area (Å²) in [4.78, 5) is 8.69. The molecule has 0 saturated heterocycles. The summed E-state index contributed by atoms with van der Waals surface area (Å²) in [6, 6.07) is 10.3. The maximum absolute atomic E-state index is 4.66. The molecule has 0 aliphatic rings. The van der Waals surface area contributed by atoms with E-state index in [2.05, 4.69) is 39.7 Å². The maximum atomic E-state index is 4.66. The molecule has 3 rings (SSSR count). The van der Waals surface area contributed by atoms with Crippen LogP contribution in [0.3, 0.4) is 0 Å². The number of imidazole rings is 1. The van der Waals surface area contributed by atoms with Crippen molar-refractivity contribution in [2.75, 3.05) is 0 Å². The molecule has 0 aliphatic carbocycles. The second-order valence-corrected chi connectivity index (χ2v) is 4.22. The number of hydrogen-bond donors (Lipinski definition) is 0. The van der Waals surface area contributed by atoms with Crippen molar-refractivity contribution in [3.63, 3.8) is 0 Å². The summed E-state index contributed by atoms with van der Waals surface area (Å²) in [6.45, 7) is 2.10. The van der Waals surface area contributed by atoms with Crippen molar-refractivity contribution < 1.29 is 0 Å². The van der Waals surface area contributed by atoms with E-state index in [4.69, 9.17) is 0 Å². The van der Waals surface area contributed by atoms with Crippen molar-refractivity contribution in [1.29, 1.82) is 0 Å². The molecule has 17 heavy (non-hydrogen) atoms. The summed E-state index contributed by atoms with van der Waals surface area (Å²) in [7, 11) is 2.05. The van der Waals surface area contributed by atoms with Gasteiger partial charge in [0.2, 0.25) is 0 Å². The topological polar surface area (TPSA) is 30.7 Å². The highest BCUT2D eigenvalue weighted by Gasteiger charge is 2.09. The van der Waals surface area contributed by atoms with Gasteiger partial charge in [0.15, 0.2) is 0 Å². The Labute approximate surface area is 99.8 Å². The van der Waals surface area contributed by atoms with Crippen molar-refractivity contribution in [3.8, 4) is 11.4 Å². The second kappa shape index (κ2) is 3.70. The first-order valence-electron chi connectivity index (χ1n) is 5.59. The molecule has 0 radical (unpaired) electrons. The Morgan fingerprint density at radius 3 is 2.59 bits per heavy atom. The Bertz CT molecular complexity index is 669. The number of aryl methyl sites for hydroxylation is 2. The van der Waals surface area contributed by atoms with Crippen molar-refractivity contribution in [2.24, 2.45) is 7.05 Å². The van der Waals surface area contributed by atoms with Crippen LogP contribution in [0.1, 0.15) is 5.56 Å². The minimum atomic E-state index is 0.980. The third-order valence-electron chi connectivity index (χ3n) is 2.97. The Morgan fingerprint density at radius 2 is 1.82 bits per heavy atom. The third kappa shape index (κ3) is 1.60. The van der Waals surface area contributed by atoms with Gasteiger partial charge in [0, 0.05) is 25.0 Å². The Kier molecular flexibility index (Phi) is 2.18. The number of nitrogens with zero attached hydrogens (tertiary/aromatic N) is 3. The van der Waals surface area contributed by atoms with E-state index in [1.165, 1.54) is 5.56 Å². The minimum absolute atomic E-state index is 0.980. The predicted octanol–water partition coefficient (Wildman–Crippen LogP) is 2.94. The molecule has 0 saturated carbocycles. The van der Waals surface area contributed by atoms with Gasteiger partial charge in [0.05, 0.1) is 11.0 Å². The van der Waals surface area contributed by atoms with Gasteiger partial charge >= 0.3 is 0 Å². The number of rotatable bonds is 1. The van der Waals surface area contributed by atoms with Crippen LogP contribution in [0.5, 0.6) is 0 Å². The van der Waals surface area contributed by atoms with E-state index in [0.29, 0.717) is 0 Å². The van der Waals surface area contributed by atoms with E-state index >= 15 is 0 Å². The van der Waals surface area contributed by atoms with Crippen molar-refractivity contribution in [3.05, 3.63) is 48.3 Å². The molecular weight excluding hydrogens is 210 g/mol. The van der Waals surface area contributed by atoms with Gasteiger partial charge in [-0.3, -0.25) is 4.98 Å². The Morgan fingerprint density at radius 1 is 1.06 bits per heavy atom. The normalized spacial score (nSPS) is 10.9. The summed E-state index contributed by atoms with van der Waals surface area (Å²) in [6.07, 6.45) is 3.58. The zero-order chi connectivity index (χ0) is 11.8. The van der Waals surface area contributed by atoms with Gasteiger partial charge < -0.3 is 4.57 Å². The SMILES string of the molecule is Cc1ccc2nc(-c3ccncc3)n(C)c2c1. The molecule has 0 spiro atoms. The average Bonchev–Trinajstić information content (AvgIpc) is 2.68. The van der Waals surface area contributed by atoms with Gasteiger partial charge in [-0.15, -0.1) is 0 Å². The fourth-order valence-electron chi connectivity index (χ4n) is 2.06. The molecule has 1 aromatic carbocycles. The first kappa shape index (κ1) is 10.0. The third-order valence-corrected chi connectivity index (χ3v) is 2.97. The Hall–Kier alpha value is -2.16. The summed E-state index contributed by atoms with van der Waals surface area (Å²) in [5.74, 6) is 0.980. The zero-order valence-electron chi connectivity index (χ0n) is 9.88. The van der Waals surface area contributed by atoms with Crippen molar-refractivity contribution >= 4 is 11.0 Å². The number of aromatic nitrogens is 3. The van der Waals surface area contributed by atoms with E-state index in [-0.39, 0.29) is 0 Å². The van der Waals surface area contributed by atoms with Gasteiger partial charge in [0.1, 0.15) is 5.82 Å². The van der Waals surface area contributed by atoms with E-state index in [1.807, 2.05) is 19.2 Å². The van der Waals surface area contributed by atoms with Crippen LogP contribution < -0.4 is 0 Å². The number of benzene rings is 1. The Balaban J connectivity index is 2.28. The highest BCUT2D eigenvalue weighted by Crippen LogP contribution is 2.23. The molecule has 0 N–H and O–H groups in total. The summed E-state index contributed by atoms with van der Waals surface area (Å²) in [5, 5.41) is 0. The molecule has 2 heterocycles. The number of pyridine rings is 1. The lowest BCUT2D eigenvalue weighted by Gasteiger charge is -2.01. The van der Waals surface area contributed by atoms with E-state index in [9.17, 15) is 0 Å². The molecule has 0 bridgehead atoms. The van der Waals surface area contributed by atoms with Crippen molar-refractivity contribution in [1.82, 2.24) is 14.5 Å². The second-order valence-electron chi connectivity index (χ2n) is 4.22. The van der Waals surface area contributed by atoms with Crippen LogP contribution in [-0.4, -0.2) is 14.5 Å². The lowest BCUT2D eigenvalue weighted by Crippen LogP contribution is -1.92. The molecular formula is C14H13N3. The smallest absolute Gasteiger partial charge is 0.140 e. The molecule has 2 aromatic heterocycles. The van der Waals surface area contributed by atoms with Gasteiger partial charge in [0.25, 0.3) is 0 Å². The summed E-state index contributed by atoms with van der Waals surface area (Å²) >= 11 is 0. The average molecular weight is 223 g/mol. The van der Waals surface area contributed by atoms with E-state index in [0.717, 1.165) is 22.4 Å². The highest BCUT2D eigenvalue weighted by atomic mass is 15.1. The van der Waals surface area contributed by atoms with Gasteiger partial charge in [-0.1, -0.05) is 6.07 Å². The molecule has 0 fully saturated rings. The zero-order valence-corrected chi connectivity index (χ0v) is 9.88.